The van der Waals surface area contributed by atoms with Crippen molar-refractivity contribution in [2.45, 2.75) is 13.3 Å². The van der Waals surface area contributed by atoms with Crippen LogP contribution in [0.4, 0.5) is 0 Å². The van der Waals surface area contributed by atoms with Gasteiger partial charge in [-0.2, -0.15) is 5.26 Å². The number of halogens is 1. The molecule has 0 radical (unpaired) electrons. The lowest BCUT2D eigenvalue weighted by molar-refractivity contribution is 1.12. The fraction of sp³-hybridized carbons (Fsp3) is 0.182. The first-order valence-corrected chi connectivity index (χ1v) is 6.04. The van der Waals surface area contributed by atoms with Gasteiger partial charge in [0.25, 0.3) is 0 Å². The largest absolute Gasteiger partial charge is 0.192 e. The summed E-state index contributed by atoms with van der Waals surface area (Å²) in [6.45, 7) is 2.07. The van der Waals surface area contributed by atoms with Crippen LogP contribution in [0.1, 0.15) is 18.1 Å². The SMILES string of the molecule is CCc1c(Br)cc2sccc2c1C#N. The molecule has 0 aliphatic rings. The van der Waals surface area contributed by atoms with Crippen LogP contribution in [0.25, 0.3) is 10.1 Å². The summed E-state index contributed by atoms with van der Waals surface area (Å²) in [5.41, 5.74) is 1.93. The van der Waals surface area contributed by atoms with Gasteiger partial charge in [0.2, 0.25) is 0 Å². The van der Waals surface area contributed by atoms with Crippen molar-refractivity contribution in [2.75, 3.05) is 0 Å². The molecule has 0 atom stereocenters. The predicted molar refractivity (Wildman–Crippen MR) is 63.6 cm³/mol. The summed E-state index contributed by atoms with van der Waals surface area (Å²) in [6, 6.07) is 6.41. The number of nitrogens with zero attached hydrogens (tertiary/aromatic N) is 1. The Hall–Kier alpha value is -0.850. The van der Waals surface area contributed by atoms with Gasteiger partial charge in [0.15, 0.2) is 0 Å². The van der Waals surface area contributed by atoms with Gasteiger partial charge in [-0.3, -0.25) is 0 Å². The van der Waals surface area contributed by atoms with E-state index in [9.17, 15) is 0 Å². The molecule has 0 fully saturated rings. The normalized spacial score (nSPS) is 10.4. The zero-order valence-electron chi connectivity index (χ0n) is 7.67. The van der Waals surface area contributed by atoms with Crippen molar-refractivity contribution in [1.29, 1.82) is 5.26 Å². The molecule has 14 heavy (non-hydrogen) atoms. The van der Waals surface area contributed by atoms with E-state index < -0.39 is 0 Å². The van der Waals surface area contributed by atoms with Gasteiger partial charge in [0.1, 0.15) is 6.07 Å². The first kappa shape index (κ1) is 9.70. The van der Waals surface area contributed by atoms with Crippen molar-refractivity contribution in [2.24, 2.45) is 0 Å². The molecule has 0 aliphatic heterocycles. The van der Waals surface area contributed by atoms with E-state index in [2.05, 4.69) is 35.0 Å². The molecule has 0 N–H and O–H groups in total. The van der Waals surface area contributed by atoms with E-state index in [0.717, 1.165) is 27.4 Å². The summed E-state index contributed by atoms with van der Waals surface area (Å²) in [5.74, 6) is 0. The zero-order chi connectivity index (χ0) is 10.1. The summed E-state index contributed by atoms with van der Waals surface area (Å²) in [5, 5.41) is 12.2. The highest BCUT2D eigenvalue weighted by Crippen LogP contribution is 2.32. The van der Waals surface area contributed by atoms with Crippen LogP contribution in [0.2, 0.25) is 0 Å². The van der Waals surface area contributed by atoms with Crippen molar-refractivity contribution in [1.82, 2.24) is 0 Å². The molecule has 0 aliphatic carbocycles. The van der Waals surface area contributed by atoms with E-state index in [4.69, 9.17) is 5.26 Å². The average molecular weight is 266 g/mol. The van der Waals surface area contributed by atoms with Crippen molar-refractivity contribution >= 4 is 37.4 Å². The van der Waals surface area contributed by atoms with Crippen molar-refractivity contribution in [3.8, 4) is 6.07 Å². The van der Waals surface area contributed by atoms with Crippen LogP contribution >= 0.6 is 27.3 Å². The van der Waals surface area contributed by atoms with Crippen LogP contribution in [0.3, 0.4) is 0 Å². The van der Waals surface area contributed by atoms with Gasteiger partial charge in [-0.1, -0.05) is 22.9 Å². The minimum Gasteiger partial charge on any atom is -0.192 e. The highest BCUT2D eigenvalue weighted by Gasteiger charge is 2.10. The number of nitriles is 1. The van der Waals surface area contributed by atoms with Crippen molar-refractivity contribution < 1.29 is 0 Å². The Balaban J connectivity index is 2.91. The van der Waals surface area contributed by atoms with Gasteiger partial charge in [-0.25, -0.2) is 0 Å². The molecular weight excluding hydrogens is 258 g/mol. The zero-order valence-corrected chi connectivity index (χ0v) is 10.1. The van der Waals surface area contributed by atoms with E-state index in [1.165, 1.54) is 4.70 Å². The molecule has 1 heterocycles. The van der Waals surface area contributed by atoms with Gasteiger partial charge in [0, 0.05) is 14.6 Å². The molecule has 1 aromatic heterocycles. The molecule has 0 amide bonds. The van der Waals surface area contributed by atoms with E-state index >= 15 is 0 Å². The van der Waals surface area contributed by atoms with Crippen LogP contribution in [0.5, 0.6) is 0 Å². The Morgan fingerprint density at radius 1 is 1.57 bits per heavy atom. The Kier molecular flexibility index (Phi) is 2.58. The first-order chi connectivity index (χ1) is 6.77. The lowest BCUT2D eigenvalue weighted by atomic mass is 10.0. The lowest BCUT2D eigenvalue weighted by Gasteiger charge is -2.04. The summed E-state index contributed by atoms with van der Waals surface area (Å²) >= 11 is 5.18. The molecule has 1 nitrogen and oxygen atoms in total. The summed E-state index contributed by atoms with van der Waals surface area (Å²) in [4.78, 5) is 0. The number of hydrogen-bond donors (Lipinski definition) is 0. The fourth-order valence-corrected chi connectivity index (χ4v) is 3.29. The second-order valence-corrected chi connectivity index (χ2v) is 4.81. The Bertz CT molecular complexity index is 522. The standard InChI is InChI=1S/C11H8BrNS/c1-2-7-9(6-13)8-3-4-14-11(8)5-10(7)12/h3-5H,2H2,1H3. The summed E-state index contributed by atoms with van der Waals surface area (Å²) in [7, 11) is 0. The van der Waals surface area contributed by atoms with Crippen molar-refractivity contribution in [3.63, 3.8) is 0 Å². The molecule has 2 aromatic rings. The maximum absolute atomic E-state index is 9.12. The van der Waals surface area contributed by atoms with Crippen LogP contribution in [0.15, 0.2) is 22.0 Å². The van der Waals surface area contributed by atoms with Crippen molar-refractivity contribution in [3.05, 3.63) is 33.1 Å². The van der Waals surface area contributed by atoms with Gasteiger partial charge < -0.3 is 0 Å². The molecule has 1 aromatic carbocycles. The maximum atomic E-state index is 9.12. The van der Waals surface area contributed by atoms with Crippen LogP contribution in [-0.4, -0.2) is 0 Å². The third-order valence-corrected chi connectivity index (χ3v) is 3.85. The first-order valence-electron chi connectivity index (χ1n) is 4.36. The number of fused-ring (bicyclic) bond motifs is 1. The van der Waals surface area contributed by atoms with Crippen LogP contribution in [0, 0.1) is 11.3 Å². The quantitative estimate of drug-likeness (QED) is 0.762. The number of rotatable bonds is 1. The number of hydrogen-bond acceptors (Lipinski definition) is 2. The van der Waals surface area contributed by atoms with Gasteiger partial charge in [-0.15, -0.1) is 11.3 Å². The summed E-state index contributed by atoms with van der Waals surface area (Å²) < 4.78 is 2.22. The Morgan fingerprint density at radius 2 is 2.36 bits per heavy atom. The molecule has 0 unspecified atom stereocenters. The minimum atomic E-state index is 0.818. The minimum absolute atomic E-state index is 0.818. The third-order valence-electron chi connectivity index (χ3n) is 2.28. The second kappa shape index (κ2) is 3.72. The number of benzene rings is 1. The Morgan fingerprint density at radius 3 is 3.00 bits per heavy atom. The van der Waals surface area contributed by atoms with Gasteiger partial charge in [0.05, 0.1) is 5.56 Å². The molecule has 3 heteroatoms. The molecule has 2 rings (SSSR count). The average Bonchev–Trinajstić information content (AvgIpc) is 2.62. The Labute approximate surface area is 95.1 Å². The third kappa shape index (κ3) is 1.35. The smallest absolute Gasteiger partial charge is 0.100 e. The van der Waals surface area contributed by atoms with E-state index in [0.29, 0.717) is 0 Å². The summed E-state index contributed by atoms with van der Waals surface area (Å²) in [6.07, 6.45) is 0.884. The fourth-order valence-electron chi connectivity index (χ4n) is 1.60. The van der Waals surface area contributed by atoms with Crippen LogP contribution < -0.4 is 0 Å². The number of thiophene rings is 1. The monoisotopic (exact) mass is 265 g/mol. The van der Waals surface area contributed by atoms with Crippen LogP contribution in [-0.2, 0) is 6.42 Å². The van der Waals surface area contributed by atoms with E-state index in [-0.39, 0.29) is 0 Å². The van der Waals surface area contributed by atoms with Gasteiger partial charge >= 0.3 is 0 Å². The topological polar surface area (TPSA) is 23.8 Å². The molecule has 0 bridgehead atoms. The highest BCUT2D eigenvalue weighted by molar-refractivity contribution is 9.10. The van der Waals surface area contributed by atoms with E-state index in [1.807, 2.05) is 11.4 Å². The van der Waals surface area contributed by atoms with E-state index in [1.54, 1.807) is 11.3 Å². The predicted octanol–water partition coefficient (Wildman–Crippen LogP) is 4.10. The molecule has 0 saturated heterocycles. The van der Waals surface area contributed by atoms with Gasteiger partial charge in [-0.05, 0) is 29.5 Å². The molecule has 70 valence electrons. The lowest BCUT2D eigenvalue weighted by Crippen LogP contribution is -1.89. The molecule has 0 spiro atoms. The molecular formula is C11H8BrNS. The maximum Gasteiger partial charge on any atom is 0.100 e. The molecule has 0 saturated carbocycles. The highest BCUT2D eigenvalue weighted by atomic mass is 79.9. The second-order valence-electron chi connectivity index (χ2n) is 3.01.